The van der Waals surface area contributed by atoms with E-state index in [0.717, 1.165) is 24.4 Å². The zero-order valence-corrected chi connectivity index (χ0v) is 8.58. The molecule has 1 aromatic rings. The minimum atomic E-state index is -0.786. The normalized spacial score (nSPS) is 20.6. The molecule has 1 aliphatic rings. The molecule has 0 fully saturated rings. The molecular formula is C9H11ClN2O2. The van der Waals surface area contributed by atoms with Crippen molar-refractivity contribution in [1.29, 1.82) is 0 Å². The maximum Gasteiger partial charge on any atom is 0.312 e. The minimum Gasteiger partial charge on any atom is -0.481 e. The van der Waals surface area contributed by atoms with Gasteiger partial charge in [0.25, 0.3) is 0 Å². The van der Waals surface area contributed by atoms with Gasteiger partial charge in [-0.25, -0.2) is 4.98 Å². The van der Waals surface area contributed by atoms with Crippen molar-refractivity contribution in [2.24, 2.45) is 0 Å². The molecular weight excluding hydrogens is 204 g/mol. The van der Waals surface area contributed by atoms with Crippen LogP contribution in [0.4, 0.5) is 0 Å². The van der Waals surface area contributed by atoms with E-state index in [1.165, 1.54) is 0 Å². The number of rotatable bonds is 1. The highest BCUT2D eigenvalue weighted by Crippen LogP contribution is 2.32. The molecule has 1 aliphatic heterocycles. The Morgan fingerprint density at radius 3 is 3.07 bits per heavy atom. The summed E-state index contributed by atoms with van der Waals surface area (Å²) in [5.74, 6) is -1.23. The molecule has 0 saturated heterocycles. The summed E-state index contributed by atoms with van der Waals surface area (Å²) in [5.41, 5.74) is 1.51. The molecule has 0 radical (unpaired) electrons. The van der Waals surface area contributed by atoms with Gasteiger partial charge in [0, 0.05) is 6.54 Å². The summed E-state index contributed by atoms with van der Waals surface area (Å²) in [7, 11) is 0. The van der Waals surface area contributed by atoms with Crippen molar-refractivity contribution in [2.45, 2.75) is 32.2 Å². The summed E-state index contributed by atoms with van der Waals surface area (Å²) in [5, 5.41) is 9.44. The maximum absolute atomic E-state index is 11.0. The van der Waals surface area contributed by atoms with Gasteiger partial charge in [-0.2, -0.15) is 0 Å². The third-order valence-corrected chi connectivity index (χ3v) is 2.94. The van der Waals surface area contributed by atoms with E-state index in [1.807, 2.05) is 0 Å². The van der Waals surface area contributed by atoms with Crippen LogP contribution in [-0.4, -0.2) is 20.6 Å². The van der Waals surface area contributed by atoms with E-state index < -0.39 is 11.9 Å². The van der Waals surface area contributed by atoms with Crippen LogP contribution in [0.15, 0.2) is 0 Å². The van der Waals surface area contributed by atoms with E-state index in [0.29, 0.717) is 11.7 Å². The second-order valence-electron chi connectivity index (χ2n) is 3.54. The number of halogens is 1. The summed E-state index contributed by atoms with van der Waals surface area (Å²) >= 11 is 5.89. The summed E-state index contributed by atoms with van der Waals surface area (Å²) in [6, 6.07) is 0. The molecule has 0 aromatic carbocycles. The Hall–Kier alpha value is -1.03. The van der Waals surface area contributed by atoms with E-state index >= 15 is 0 Å². The van der Waals surface area contributed by atoms with E-state index in [1.54, 1.807) is 11.5 Å². The molecule has 4 nitrogen and oxygen atoms in total. The molecule has 0 amide bonds. The zero-order chi connectivity index (χ0) is 10.3. The molecule has 1 aromatic heterocycles. The standard InChI is InChI=1S/C9H11ClN2O2/c1-5-7-6(8(13)14)3-2-4-12(7)9(10)11-5/h6H,2-4H2,1H3,(H,13,14). The number of carboxylic acid groups (broad SMARTS) is 1. The van der Waals surface area contributed by atoms with Gasteiger partial charge < -0.3 is 9.67 Å². The number of fused-ring (bicyclic) bond motifs is 1. The lowest BCUT2D eigenvalue weighted by Crippen LogP contribution is -2.22. The lowest BCUT2D eigenvalue weighted by atomic mass is 9.95. The van der Waals surface area contributed by atoms with Gasteiger partial charge in [-0.15, -0.1) is 0 Å². The summed E-state index contributed by atoms with van der Waals surface area (Å²) < 4.78 is 1.80. The average Bonchev–Trinajstić information content (AvgIpc) is 2.43. The maximum atomic E-state index is 11.0. The number of nitrogens with zero attached hydrogens (tertiary/aromatic N) is 2. The van der Waals surface area contributed by atoms with Crippen molar-refractivity contribution >= 4 is 17.6 Å². The largest absolute Gasteiger partial charge is 0.481 e. The van der Waals surface area contributed by atoms with Crippen LogP contribution in [0.25, 0.3) is 0 Å². The molecule has 0 bridgehead atoms. The molecule has 5 heteroatoms. The molecule has 0 spiro atoms. The topological polar surface area (TPSA) is 55.1 Å². The van der Waals surface area contributed by atoms with E-state index in [2.05, 4.69) is 4.98 Å². The lowest BCUT2D eigenvalue weighted by Gasteiger charge is -2.21. The van der Waals surface area contributed by atoms with Gasteiger partial charge in [-0.1, -0.05) is 0 Å². The van der Waals surface area contributed by atoms with Crippen LogP contribution in [-0.2, 0) is 11.3 Å². The number of aliphatic carboxylic acids is 1. The predicted octanol–water partition coefficient (Wildman–Crippen LogP) is 1.81. The summed E-state index contributed by atoms with van der Waals surface area (Å²) in [6.07, 6.45) is 1.53. The number of aryl methyl sites for hydroxylation is 1. The first-order valence-electron chi connectivity index (χ1n) is 4.56. The number of hydrogen-bond donors (Lipinski definition) is 1. The van der Waals surface area contributed by atoms with Gasteiger partial charge in [0.05, 0.1) is 17.3 Å². The predicted molar refractivity (Wildman–Crippen MR) is 51.6 cm³/mol. The van der Waals surface area contributed by atoms with Crippen LogP contribution < -0.4 is 0 Å². The first-order valence-corrected chi connectivity index (χ1v) is 4.94. The molecule has 0 saturated carbocycles. The van der Waals surface area contributed by atoms with Crippen LogP contribution >= 0.6 is 11.6 Å². The second kappa shape index (κ2) is 3.28. The summed E-state index contributed by atoms with van der Waals surface area (Å²) in [4.78, 5) is 15.1. The molecule has 0 aliphatic carbocycles. The fourth-order valence-electron chi connectivity index (χ4n) is 2.03. The van der Waals surface area contributed by atoms with Crippen molar-refractivity contribution < 1.29 is 9.90 Å². The summed E-state index contributed by atoms with van der Waals surface area (Å²) in [6.45, 7) is 2.58. The van der Waals surface area contributed by atoms with Gasteiger partial charge in [-0.05, 0) is 31.4 Å². The van der Waals surface area contributed by atoms with Gasteiger partial charge in [0.2, 0.25) is 5.28 Å². The smallest absolute Gasteiger partial charge is 0.312 e. The SMILES string of the molecule is Cc1nc(Cl)n2c1C(C(=O)O)CCC2. The molecule has 1 unspecified atom stereocenters. The number of aromatic nitrogens is 2. The highest BCUT2D eigenvalue weighted by Gasteiger charge is 2.30. The van der Waals surface area contributed by atoms with Crippen LogP contribution in [0.3, 0.4) is 0 Å². The van der Waals surface area contributed by atoms with Crippen LogP contribution in [0.2, 0.25) is 5.28 Å². The molecule has 76 valence electrons. The Labute approximate surface area is 86.5 Å². The molecule has 2 rings (SSSR count). The van der Waals surface area contributed by atoms with Crippen LogP contribution in [0.5, 0.6) is 0 Å². The molecule has 14 heavy (non-hydrogen) atoms. The van der Waals surface area contributed by atoms with E-state index in [-0.39, 0.29) is 0 Å². The van der Waals surface area contributed by atoms with Crippen molar-refractivity contribution in [1.82, 2.24) is 9.55 Å². The quantitative estimate of drug-likeness (QED) is 0.776. The monoisotopic (exact) mass is 214 g/mol. The Balaban J connectivity index is 2.53. The molecule has 2 heterocycles. The number of carboxylic acids is 1. The van der Waals surface area contributed by atoms with Gasteiger partial charge in [0.1, 0.15) is 0 Å². The Kier molecular flexibility index (Phi) is 2.23. The van der Waals surface area contributed by atoms with Crippen molar-refractivity contribution in [3.8, 4) is 0 Å². The first-order chi connectivity index (χ1) is 6.61. The Morgan fingerprint density at radius 2 is 2.43 bits per heavy atom. The third-order valence-electron chi connectivity index (χ3n) is 2.65. The zero-order valence-electron chi connectivity index (χ0n) is 7.83. The number of carbonyl (C=O) groups is 1. The van der Waals surface area contributed by atoms with Crippen LogP contribution in [0, 0.1) is 6.92 Å². The molecule has 1 atom stereocenters. The second-order valence-corrected chi connectivity index (χ2v) is 3.87. The van der Waals surface area contributed by atoms with Crippen LogP contribution in [0.1, 0.15) is 30.1 Å². The minimum absolute atomic E-state index is 0.406. The average molecular weight is 215 g/mol. The number of hydrogen-bond acceptors (Lipinski definition) is 2. The lowest BCUT2D eigenvalue weighted by molar-refractivity contribution is -0.139. The molecule has 1 N–H and O–H groups in total. The van der Waals surface area contributed by atoms with Crippen molar-refractivity contribution in [3.05, 3.63) is 16.7 Å². The van der Waals surface area contributed by atoms with Gasteiger partial charge >= 0.3 is 5.97 Å². The van der Waals surface area contributed by atoms with Crippen molar-refractivity contribution in [2.75, 3.05) is 0 Å². The number of imidazole rings is 1. The third kappa shape index (κ3) is 1.30. The fourth-order valence-corrected chi connectivity index (χ4v) is 2.34. The van der Waals surface area contributed by atoms with Gasteiger partial charge in [-0.3, -0.25) is 4.79 Å². The Morgan fingerprint density at radius 1 is 1.71 bits per heavy atom. The fraction of sp³-hybridized carbons (Fsp3) is 0.556. The highest BCUT2D eigenvalue weighted by atomic mass is 35.5. The Bertz CT molecular complexity index is 386. The first kappa shape index (κ1) is 9.52. The van der Waals surface area contributed by atoms with Gasteiger partial charge in [0.15, 0.2) is 0 Å². The van der Waals surface area contributed by atoms with Crippen molar-refractivity contribution in [3.63, 3.8) is 0 Å². The van der Waals surface area contributed by atoms with E-state index in [4.69, 9.17) is 16.7 Å². The van der Waals surface area contributed by atoms with E-state index in [9.17, 15) is 4.79 Å². The highest BCUT2D eigenvalue weighted by molar-refractivity contribution is 6.28.